The van der Waals surface area contributed by atoms with Gasteiger partial charge in [-0.1, -0.05) is 71.1 Å². The molecule has 1 aliphatic rings. The van der Waals surface area contributed by atoms with Gasteiger partial charge < -0.3 is 10.0 Å². The van der Waals surface area contributed by atoms with Crippen LogP contribution in [0.2, 0.25) is 0 Å². The summed E-state index contributed by atoms with van der Waals surface area (Å²) < 4.78 is 0. The molecule has 0 aliphatic carbocycles. The van der Waals surface area contributed by atoms with E-state index in [1.165, 1.54) is 43.9 Å². The lowest BCUT2D eigenvalue weighted by molar-refractivity contribution is -0.120. The van der Waals surface area contributed by atoms with E-state index in [1.54, 1.807) is 24.3 Å². The summed E-state index contributed by atoms with van der Waals surface area (Å²) in [6.07, 6.45) is 10.7. The molecule has 0 unspecified atom stereocenters. The number of anilines is 1. The Bertz CT molecular complexity index is 1070. The molecule has 0 atom stereocenters. The quantitative estimate of drug-likeness (QED) is 0.231. The summed E-state index contributed by atoms with van der Waals surface area (Å²) in [7, 11) is 0. The number of carboxylic acids is 1. The molecule has 2 aromatic rings. The Hall–Kier alpha value is -3.21. The highest BCUT2D eigenvalue weighted by atomic mass is 16.4. The van der Waals surface area contributed by atoms with Crippen LogP contribution in [0.25, 0.3) is 6.08 Å². The molecule has 180 valence electrons. The smallest absolute Gasteiger partial charge is 0.335 e. The van der Waals surface area contributed by atoms with Crippen LogP contribution in [-0.2, 0) is 10.2 Å². The summed E-state index contributed by atoms with van der Waals surface area (Å²) in [6, 6.07) is 12.0. The maximum absolute atomic E-state index is 12.9. The first kappa shape index (κ1) is 25.4. The van der Waals surface area contributed by atoms with E-state index < -0.39 is 5.97 Å². The summed E-state index contributed by atoms with van der Waals surface area (Å²) >= 11 is 0. The van der Waals surface area contributed by atoms with Crippen LogP contribution in [0.1, 0.15) is 97.6 Å². The lowest BCUT2D eigenvalue weighted by atomic mass is 9.76. The molecule has 0 saturated carbocycles. The van der Waals surface area contributed by atoms with Crippen molar-refractivity contribution in [3.8, 4) is 0 Å². The molecule has 1 N–H and O–H groups in total. The molecular formula is C29H35NO4. The zero-order chi connectivity index (χ0) is 24.7. The molecule has 3 rings (SSSR count). The maximum Gasteiger partial charge on any atom is 0.335 e. The van der Waals surface area contributed by atoms with Gasteiger partial charge in [0, 0.05) is 29.6 Å². The molecule has 0 saturated heterocycles. The summed E-state index contributed by atoms with van der Waals surface area (Å²) in [6.45, 7) is 7.03. The van der Waals surface area contributed by atoms with Crippen molar-refractivity contribution in [2.24, 2.45) is 0 Å². The number of nitrogens with zero attached hydrogens (tertiary/aromatic N) is 1. The lowest BCUT2D eigenvalue weighted by Gasteiger charge is -2.39. The van der Waals surface area contributed by atoms with Crippen molar-refractivity contribution in [2.45, 2.75) is 71.1 Å². The van der Waals surface area contributed by atoms with E-state index in [2.05, 4.69) is 20.8 Å². The normalized spacial score (nSPS) is 14.9. The monoisotopic (exact) mass is 461 g/mol. The number of carbonyl (C=O) groups is 3. The Labute approximate surface area is 202 Å². The first-order valence-electron chi connectivity index (χ1n) is 12.2. The number of ketones is 1. The van der Waals surface area contributed by atoms with Gasteiger partial charge in [-0.3, -0.25) is 9.59 Å². The number of aromatic carboxylic acids is 1. The van der Waals surface area contributed by atoms with Crippen LogP contribution in [0.5, 0.6) is 0 Å². The second-order valence-corrected chi connectivity index (χ2v) is 9.73. The van der Waals surface area contributed by atoms with Crippen molar-refractivity contribution in [2.75, 3.05) is 11.4 Å². The second kappa shape index (κ2) is 11.3. The zero-order valence-corrected chi connectivity index (χ0v) is 20.5. The Morgan fingerprint density at radius 2 is 1.62 bits per heavy atom. The van der Waals surface area contributed by atoms with Crippen LogP contribution >= 0.6 is 0 Å². The van der Waals surface area contributed by atoms with E-state index in [0.29, 0.717) is 18.5 Å². The van der Waals surface area contributed by atoms with Gasteiger partial charge >= 0.3 is 5.97 Å². The Morgan fingerprint density at radius 3 is 2.29 bits per heavy atom. The number of hydrogen-bond donors (Lipinski definition) is 1. The Balaban J connectivity index is 1.74. The first-order chi connectivity index (χ1) is 16.2. The van der Waals surface area contributed by atoms with Gasteiger partial charge in [-0.05, 0) is 54.0 Å². The molecule has 34 heavy (non-hydrogen) atoms. The van der Waals surface area contributed by atoms with Gasteiger partial charge in [0.05, 0.1) is 5.56 Å². The van der Waals surface area contributed by atoms with Crippen LogP contribution in [0.4, 0.5) is 5.69 Å². The van der Waals surface area contributed by atoms with Gasteiger partial charge in [-0.15, -0.1) is 0 Å². The van der Waals surface area contributed by atoms with Crippen LogP contribution in [0, 0.1) is 0 Å². The lowest BCUT2D eigenvalue weighted by Crippen LogP contribution is -2.42. The summed E-state index contributed by atoms with van der Waals surface area (Å²) in [4.78, 5) is 38.7. The van der Waals surface area contributed by atoms with Gasteiger partial charge in [-0.25, -0.2) is 4.79 Å². The highest BCUT2D eigenvalue weighted by Gasteiger charge is 2.36. The van der Waals surface area contributed by atoms with Crippen molar-refractivity contribution < 1.29 is 19.5 Å². The van der Waals surface area contributed by atoms with Gasteiger partial charge in [0.15, 0.2) is 5.78 Å². The van der Waals surface area contributed by atoms with Gasteiger partial charge in [0.2, 0.25) is 5.91 Å². The topological polar surface area (TPSA) is 74.7 Å². The number of unbranched alkanes of at least 4 members (excludes halogenated alkanes) is 5. The molecule has 1 aliphatic heterocycles. The highest BCUT2D eigenvalue weighted by Crippen LogP contribution is 2.41. The minimum Gasteiger partial charge on any atom is -0.478 e. The number of fused-ring (bicyclic) bond motifs is 1. The van der Waals surface area contributed by atoms with Crippen LogP contribution in [-0.4, -0.2) is 29.3 Å². The van der Waals surface area contributed by atoms with Crippen molar-refractivity contribution in [1.29, 1.82) is 0 Å². The van der Waals surface area contributed by atoms with Gasteiger partial charge in [0.25, 0.3) is 0 Å². The fraction of sp³-hybridized carbons (Fsp3) is 0.414. The largest absolute Gasteiger partial charge is 0.478 e. The van der Waals surface area contributed by atoms with Gasteiger partial charge in [-0.2, -0.15) is 0 Å². The van der Waals surface area contributed by atoms with E-state index in [-0.39, 0.29) is 22.7 Å². The van der Waals surface area contributed by atoms with Crippen molar-refractivity contribution >= 4 is 29.4 Å². The molecule has 1 heterocycles. The summed E-state index contributed by atoms with van der Waals surface area (Å²) in [5, 5.41) is 9.01. The number of benzene rings is 2. The predicted molar refractivity (Wildman–Crippen MR) is 137 cm³/mol. The number of amides is 1. The average Bonchev–Trinajstić information content (AvgIpc) is 2.81. The molecule has 0 fully saturated rings. The third-order valence-electron chi connectivity index (χ3n) is 6.52. The van der Waals surface area contributed by atoms with Crippen LogP contribution in [0.3, 0.4) is 0 Å². The zero-order valence-electron chi connectivity index (χ0n) is 20.5. The minimum absolute atomic E-state index is 0.125. The van der Waals surface area contributed by atoms with E-state index in [0.717, 1.165) is 29.7 Å². The number of allylic oxidation sites excluding steroid dienone is 1. The number of hydrogen-bond acceptors (Lipinski definition) is 3. The molecule has 2 aromatic carbocycles. The number of carboxylic acid groups (broad SMARTS) is 1. The SMILES string of the molecule is CCCCCCCCN1C(=O)CC(C)(C)c2cc(C(=O)C=Cc3ccc(C(=O)O)cc3)ccc21. The summed E-state index contributed by atoms with van der Waals surface area (Å²) in [5.74, 6) is -0.956. The summed E-state index contributed by atoms with van der Waals surface area (Å²) in [5.41, 5.74) is 3.16. The second-order valence-electron chi connectivity index (χ2n) is 9.73. The third-order valence-corrected chi connectivity index (χ3v) is 6.52. The predicted octanol–water partition coefficient (Wildman–Crippen LogP) is 6.66. The molecule has 0 aromatic heterocycles. The van der Waals surface area contributed by atoms with Gasteiger partial charge in [0.1, 0.15) is 0 Å². The molecule has 5 nitrogen and oxygen atoms in total. The molecular weight excluding hydrogens is 426 g/mol. The van der Waals surface area contributed by atoms with Crippen molar-refractivity contribution in [3.63, 3.8) is 0 Å². The Kier molecular flexibility index (Phi) is 8.43. The van der Waals surface area contributed by atoms with Crippen molar-refractivity contribution in [1.82, 2.24) is 0 Å². The minimum atomic E-state index is -0.979. The van der Waals surface area contributed by atoms with E-state index in [1.807, 2.05) is 17.0 Å². The third kappa shape index (κ3) is 6.22. The maximum atomic E-state index is 12.9. The standard InChI is InChI=1S/C29H35NO4/c1-4-5-6-7-8-9-18-30-25-16-15-23(19-24(25)29(2,3)20-27(30)32)26(31)17-12-21-10-13-22(14-11-21)28(33)34/h10-17,19H,4-9,18,20H2,1-3H3,(H,33,34). The molecule has 0 radical (unpaired) electrons. The van der Waals surface area contributed by atoms with Crippen LogP contribution < -0.4 is 4.90 Å². The number of rotatable bonds is 11. The van der Waals surface area contributed by atoms with E-state index in [4.69, 9.17) is 5.11 Å². The highest BCUT2D eigenvalue weighted by molar-refractivity contribution is 6.08. The average molecular weight is 462 g/mol. The van der Waals surface area contributed by atoms with E-state index >= 15 is 0 Å². The molecule has 5 heteroatoms. The molecule has 0 bridgehead atoms. The molecule has 0 spiro atoms. The fourth-order valence-electron chi connectivity index (χ4n) is 4.47. The molecule has 1 amide bonds. The first-order valence-corrected chi connectivity index (χ1v) is 12.2. The van der Waals surface area contributed by atoms with E-state index in [9.17, 15) is 14.4 Å². The van der Waals surface area contributed by atoms with Crippen LogP contribution in [0.15, 0.2) is 48.5 Å². The Morgan fingerprint density at radius 1 is 0.971 bits per heavy atom. The van der Waals surface area contributed by atoms with Crippen molar-refractivity contribution in [3.05, 3.63) is 70.8 Å². The fourth-order valence-corrected chi connectivity index (χ4v) is 4.47. The number of carbonyl (C=O) groups excluding carboxylic acids is 2.